The molecule has 3 rings (SSSR count). The highest BCUT2D eigenvalue weighted by Gasteiger charge is 2.18. The molecule has 1 heterocycles. The van der Waals surface area contributed by atoms with Crippen LogP contribution in [-0.4, -0.2) is 63.3 Å². The number of anilines is 2. The van der Waals surface area contributed by atoms with Crippen LogP contribution in [0.4, 0.5) is 11.4 Å². The van der Waals surface area contributed by atoms with Gasteiger partial charge in [-0.2, -0.15) is 0 Å². The molecule has 0 unspecified atom stereocenters. The average molecular weight is 459 g/mol. The second kappa shape index (κ2) is 13.1. The van der Waals surface area contributed by atoms with E-state index in [0.717, 1.165) is 42.0 Å². The zero-order valence-electron chi connectivity index (χ0n) is 17.8. The van der Waals surface area contributed by atoms with Crippen LogP contribution in [0.15, 0.2) is 48.5 Å². The minimum Gasteiger partial charge on any atom is -0.388 e. The highest BCUT2D eigenvalue weighted by Crippen LogP contribution is 2.30. The van der Waals surface area contributed by atoms with Gasteiger partial charge in [-0.15, -0.1) is 0 Å². The van der Waals surface area contributed by atoms with Gasteiger partial charge in [0, 0.05) is 59.4 Å². The number of hydrogen-bond donors (Lipinski definition) is 3. The van der Waals surface area contributed by atoms with Crippen molar-refractivity contribution in [3.05, 3.63) is 64.7 Å². The molecule has 170 valence electrons. The lowest BCUT2D eigenvalue weighted by Crippen LogP contribution is -2.35. The standard InChI is InChI=1S/C22H24ClN3O3.CH3NO/c1-24-20-7-6-18(25-15-22(28)16-2-4-17(23)5-3-16)14-19(20)21(8-11-27)26-9-12-29-13-10-26;2-1-3/h2-8,11,14,24-25H,9-10,12-13,15H2,1H3;1H,(H2,2,3)/b21-8+;. The van der Waals surface area contributed by atoms with Crippen molar-refractivity contribution in [2.24, 2.45) is 5.73 Å². The van der Waals surface area contributed by atoms with Crippen LogP contribution in [-0.2, 0) is 14.3 Å². The lowest BCUT2D eigenvalue weighted by atomic mass is 10.1. The van der Waals surface area contributed by atoms with Gasteiger partial charge in [0.05, 0.1) is 19.8 Å². The Morgan fingerprint density at radius 2 is 1.81 bits per heavy atom. The van der Waals surface area contributed by atoms with Gasteiger partial charge in [-0.1, -0.05) is 11.6 Å². The first-order valence-electron chi connectivity index (χ1n) is 10.0. The van der Waals surface area contributed by atoms with Crippen LogP contribution in [0.2, 0.25) is 5.02 Å². The van der Waals surface area contributed by atoms with Crippen LogP contribution in [0, 0.1) is 0 Å². The Kier molecular flexibility index (Phi) is 10.2. The molecule has 0 atom stereocenters. The number of nitrogens with one attached hydrogen (secondary N) is 2. The zero-order valence-corrected chi connectivity index (χ0v) is 18.6. The van der Waals surface area contributed by atoms with Crippen molar-refractivity contribution < 1.29 is 19.1 Å². The molecule has 0 aliphatic carbocycles. The van der Waals surface area contributed by atoms with E-state index in [1.54, 1.807) is 30.3 Å². The fraction of sp³-hybridized carbons (Fsp3) is 0.261. The molecule has 0 saturated carbocycles. The van der Waals surface area contributed by atoms with Gasteiger partial charge in [0.25, 0.3) is 0 Å². The minimum absolute atomic E-state index is 0.0299. The van der Waals surface area contributed by atoms with Crippen LogP contribution in [0.5, 0.6) is 0 Å². The molecule has 1 fully saturated rings. The van der Waals surface area contributed by atoms with Crippen molar-refractivity contribution in [2.45, 2.75) is 0 Å². The summed E-state index contributed by atoms with van der Waals surface area (Å²) < 4.78 is 5.43. The molecule has 2 aromatic carbocycles. The monoisotopic (exact) mass is 458 g/mol. The smallest absolute Gasteiger partial charge is 0.204 e. The number of aldehydes is 1. The van der Waals surface area contributed by atoms with Crippen LogP contribution >= 0.6 is 11.6 Å². The van der Waals surface area contributed by atoms with E-state index >= 15 is 0 Å². The largest absolute Gasteiger partial charge is 0.388 e. The van der Waals surface area contributed by atoms with Gasteiger partial charge >= 0.3 is 0 Å². The summed E-state index contributed by atoms with van der Waals surface area (Å²) in [5.74, 6) is -0.0299. The van der Waals surface area contributed by atoms with E-state index in [4.69, 9.17) is 21.1 Å². The molecule has 8 nitrogen and oxygen atoms in total. The van der Waals surface area contributed by atoms with E-state index in [1.165, 1.54) is 0 Å². The molecule has 1 aliphatic rings. The van der Waals surface area contributed by atoms with Gasteiger partial charge in [-0.25, -0.2) is 0 Å². The quantitative estimate of drug-likeness (QED) is 0.316. The number of hydrogen-bond acceptors (Lipinski definition) is 7. The number of Topliss-reactive ketones (excluding diaryl/α,β-unsaturated/α-hetero) is 1. The Labute approximate surface area is 192 Å². The predicted octanol–water partition coefficient (Wildman–Crippen LogP) is 2.65. The Hall–Kier alpha value is -3.36. The topological polar surface area (TPSA) is 114 Å². The summed E-state index contributed by atoms with van der Waals surface area (Å²) in [6.07, 6.45) is 2.62. The van der Waals surface area contributed by atoms with E-state index in [0.29, 0.717) is 23.8 Å². The number of allylic oxidation sites excluding steroid dienone is 1. The SMILES string of the molecule is CNc1ccc(NCC(=O)c2ccc(Cl)cc2)cc1/C(=C\C=O)N1CCOCC1.NC=O. The first kappa shape index (κ1) is 24.9. The van der Waals surface area contributed by atoms with Gasteiger partial charge in [-0.3, -0.25) is 14.4 Å². The summed E-state index contributed by atoms with van der Waals surface area (Å²) in [4.78, 5) is 34.4. The maximum absolute atomic E-state index is 12.4. The summed E-state index contributed by atoms with van der Waals surface area (Å²) in [5, 5.41) is 6.95. The van der Waals surface area contributed by atoms with E-state index in [9.17, 15) is 9.59 Å². The van der Waals surface area contributed by atoms with E-state index < -0.39 is 0 Å². The number of ether oxygens (including phenoxy) is 1. The van der Waals surface area contributed by atoms with Crippen LogP contribution < -0.4 is 16.4 Å². The second-order valence-electron chi connectivity index (χ2n) is 6.72. The van der Waals surface area contributed by atoms with Gasteiger partial charge in [0.1, 0.15) is 6.29 Å². The van der Waals surface area contributed by atoms with Crippen molar-refractivity contribution in [1.29, 1.82) is 0 Å². The molecule has 1 amide bonds. The first-order chi connectivity index (χ1) is 15.5. The Bertz CT molecular complexity index is 942. The molecule has 0 radical (unpaired) electrons. The maximum Gasteiger partial charge on any atom is 0.204 e. The first-order valence-corrected chi connectivity index (χ1v) is 10.4. The molecule has 4 N–H and O–H groups in total. The number of morpholine rings is 1. The molecule has 0 bridgehead atoms. The van der Waals surface area contributed by atoms with Crippen molar-refractivity contribution in [2.75, 3.05) is 50.5 Å². The summed E-state index contributed by atoms with van der Waals surface area (Å²) in [6, 6.07) is 12.6. The highest BCUT2D eigenvalue weighted by molar-refractivity contribution is 6.30. The van der Waals surface area contributed by atoms with E-state index in [-0.39, 0.29) is 18.7 Å². The zero-order chi connectivity index (χ0) is 23.3. The number of halogens is 1. The van der Waals surface area contributed by atoms with Crippen molar-refractivity contribution >= 4 is 47.2 Å². The number of rotatable bonds is 8. The molecule has 2 aromatic rings. The third kappa shape index (κ3) is 7.11. The molecular formula is C23H27ClN4O4. The highest BCUT2D eigenvalue weighted by atomic mass is 35.5. The summed E-state index contributed by atoms with van der Waals surface area (Å²) >= 11 is 5.88. The van der Waals surface area contributed by atoms with E-state index in [1.807, 2.05) is 25.2 Å². The fourth-order valence-corrected chi connectivity index (χ4v) is 3.36. The molecule has 0 aromatic heterocycles. The van der Waals surface area contributed by atoms with Gasteiger partial charge in [0.15, 0.2) is 5.78 Å². The van der Waals surface area contributed by atoms with Gasteiger partial charge in [0.2, 0.25) is 6.41 Å². The number of amides is 1. The predicted molar refractivity (Wildman–Crippen MR) is 127 cm³/mol. The molecule has 1 saturated heterocycles. The average Bonchev–Trinajstić information content (AvgIpc) is 2.82. The van der Waals surface area contributed by atoms with Gasteiger partial charge in [-0.05, 0) is 42.5 Å². The van der Waals surface area contributed by atoms with Crippen molar-refractivity contribution in [3.8, 4) is 0 Å². The number of nitrogens with two attached hydrogens (primary N) is 1. The van der Waals surface area contributed by atoms with E-state index in [2.05, 4.69) is 21.3 Å². The summed E-state index contributed by atoms with van der Waals surface area (Å²) in [5.41, 5.74) is 8.19. The molecule has 32 heavy (non-hydrogen) atoms. The Morgan fingerprint density at radius 3 is 2.41 bits per heavy atom. The molecular weight excluding hydrogens is 432 g/mol. The van der Waals surface area contributed by atoms with Crippen molar-refractivity contribution in [1.82, 2.24) is 4.90 Å². The lowest BCUT2D eigenvalue weighted by molar-refractivity contribution is -0.107. The Balaban J connectivity index is 0.00000114. The van der Waals surface area contributed by atoms with Gasteiger partial charge < -0.3 is 26.0 Å². The molecule has 9 heteroatoms. The third-order valence-electron chi connectivity index (χ3n) is 4.76. The second-order valence-corrected chi connectivity index (χ2v) is 7.15. The van der Waals surface area contributed by atoms with Crippen molar-refractivity contribution in [3.63, 3.8) is 0 Å². The number of ketones is 1. The Morgan fingerprint density at radius 1 is 1.16 bits per heavy atom. The third-order valence-corrected chi connectivity index (χ3v) is 5.01. The number of carbonyl (C=O) groups is 3. The number of primary amides is 1. The normalized spacial score (nSPS) is 13.4. The summed E-state index contributed by atoms with van der Waals surface area (Å²) in [7, 11) is 1.84. The maximum atomic E-state index is 12.4. The van der Waals surface area contributed by atoms with Crippen LogP contribution in [0.3, 0.4) is 0 Å². The minimum atomic E-state index is -0.0299. The molecule has 1 aliphatic heterocycles. The lowest BCUT2D eigenvalue weighted by Gasteiger charge is -2.32. The van der Waals surface area contributed by atoms with Crippen LogP contribution in [0.25, 0.3) is 5.70 Å². The van der Waals surface area contributed by atoms with Crippen LogP contribution in [0.1, 0.15) is 15.9 Å². The fourth-order valence-electron chi connectivity index (χ4n) is 3.24. The summed E-state index contributed by atoms with van der Waals surface area (Å²) in [6.45, 7) is 2.84. The number of nitrogens with zero attached hydrogens (tertiary/aromatic N) is 1. The molecule has 0 spiro atoms. The number of benzene rings is 2. The number of carbonyl (C=O) groups excluding carboxylic acids is 3.